The van der Waals surface area contributed by atoms with Crippen LogP contribution in [0.5, 0.6) is 11.5 Å². The van der Waals surface area contributed by atoms with Crippen LogP contribution in [-0.2, 0) is 0 Å². The van der Waals surface area contributed by atoms with Crippen molar-refractivity contribution in [1.82, 2.24) is 5.32 Å². The molecule has 0 saturated heterocycles. The van der Waals surface area contributed by atoms with E-state index in [4.69, 9.17) is 9.47 Å². The Kier molecular flexibility index (Phi) is 5.42. The molecule has 1 N–H and O–H groups in total. The number of carbonyl (C=O) groups excluding carboxylic acids is 1. The van der Waals surface area contributed by atoms with Crippen molar-refractivity contribution in [1.29, 1.82) is 0 Å². The topological polar surface area (TPSA) is 47.6 Å². The summed E-state index contributed by atoms with van der Waals surface area (Å²) >= 11 is 0. The van der Waals surface area contributed by atoms with Crippen molar-refractivity contribution >= 4 is 5.91 Å². The van der Waals surface area contributed by atoms with Gasteiger partial charge in [0.2, 0.25) is 0 Å². The molecule has 0 aliphatic carbocycles. The second-order valence-electron chi connectivity index (χ2n) is 5.07. The lowest BCUT2D eigenvalue weighted by atomic mass is 10.1. The molecule has 0 radical (unpaired) electrons. The van der Waals surface area contributed by atoms with E-state index in [-0.39, 0.29) is 5.91 Å². The molecule has 0 atom stereocenters. The first-order chi connectivity index (χ1) is 10.6. The Morgan fingerprint density at radius 3 is 2.64 bits per heavy atom. The molecule has 2 rings (SSSR count). The van der Waals surface area contributed by atoms with Crippen LogP contribution in [0.1, 0.15) is 21.5 Å². The minimum absolute atomic E-state index is 0.165. The molecule has 4 heteroatoms. The standard InChI is InChI=1S/C18H21NO3/c1-13-8-9-14(2)17(12-13)22-11-10-19-18(20)15-6-4-5-7-16(15)21-3/h4-9,12H,10-11H2,1-3H3,(H,19,20). The molecule has 1 amide bonds. The van der Waals surface area contributed by atoms with E-state index in [1.807, 2.05) is 44.2 Å². The second kappa shape index (κ2) is 7.50. The van der Waals surface area contributed by atoms with Crippen molar-refractivity contribution < 1.29 is 14.3 Å². The number of ether oxygens (including phenoxy) is 2. The highest BCUT2D eigenvalue weighted by atomic mass is 16.5. The summed E-state index contributed by atoms with van der Waals surface area (Å²) < 4.78 is 10.9. The third-order valence-electron chi connectivity index (χ3n) is 3.34. The molecule has 0 spiro atoms. The van der Waals surface area contributed by atoms with Gasteiger partial charge in [-0.05, 0) is 43.2 Å². The van der Waals surface area contributed by atoms with Crippen LogP contribution in [0.3, 0.4) is 0 Å². The fraction of sp³-hybridized carbons (Fsp3) is 0.278. The highest BCUT2D eigenvalue weighted by Gasteiger charge is 2.10. The van der Waals surface area contributed by atoms with Crippen molar-refractivity contribution in [3.63, 3.8) is 0 Å². The molecule has 0 aliphatic heterocycles. The predicted molar refractivity (Wildman–Crippen MR) is 86.7 cm³/mol. The van der Waals surface area contributed by atoms with Crippen molar-refractivity contribution in [3.05, 3.63) is 59.2 Å². The van der Waals surface area contributed by atoms with Gasteiger partial charge in [-0.1, -0.05) is 24.3 Å². The highest BCUT2D eigenvalue weighted by Crippen LogP contribution is 2.19. The van der Waals surface area contributed by atoms with Crippen molar-refractivity contribution in [2.75, 3.05) is 20.3 Å². The van der Waals surface area contributed by atoms with E-state index in [1.165, 1.54) is 0 Å². The predicted octanol–water partition coefficient (Wildman–Crippen LogP) is 3.12. The van der Waals surface area contributed by atoms with Gasteiger partial charge in [0.15, 0.2) is 0 Å². The first-order valence-corrected chi connectivity index (χ1v) is 7.23. The van der Waals surface area contributed by atoms with Crippen LogP contribution in [-0.4, -0.2) is 26.2 Å². The Balaban J connectivity index is 1.86. The monoisotopic (exact) mass is 299 g/mol. The van der Waals surface area contributed by atoms with Crippen LogP contribution in [0.25, 0.3) is 0 Å². The molecule has 2 aromatic carbocycles. The Labute approximate surface area is 131 Å². The van der Waals surface area contributed by atoms with E-state index >= 15 is 0 Å². The summed E-state index contributed by atoms with van der Waals surface area (Å²) in [5, 5.41) is 2.83. The van der Waals surface area contributed by atoms with Crippen LogP contribution in [0, 0.1) is 13.8 Å². The van der Waals surface area contributed by atoms with Gasteiger partial charge in [0.25, 0.3) is 5.91 Å². The van der Waals surface area contributed by atoms with Gasteiger partial charge in [0.05, 0.1) is 19.2 Å². The third-order valence-corrected chi connectivity index (χ3v) is 3.34. The van der Waals surface area contributed by atoms with Gasteiger partial charge in [-0.25, -0.2) is 0 Å². The first kappa shape index (κ1) is 15.9. The van der Waals surface area contributed by atoms with Crippen LogP contribution in [0.15, 0.2) is 42.5 Å². The Morgan fingerprint density at radius 1 is 1.09 bits per heavy atom. The number of rotatable bonds is 6. The molecule has 0 saturated carbocycles. The summed E-state index contributed by atoms with van der Waals surface area (Å²) in [4.78, 5) is 12.1. The largest absolute Gasteiger partial charge is 0.496 e. The normalized spacial score (nSPS) is 10.1. The summed E-state index contributed by atoms with van der Waals surface area (Å²) in [7, 11) is 1.55. The smallest absolute Gasteiger partial charge is 0.255 e. The lowest BCUT2D eigenvalue weighted by Crippen LogP contribution is -2.28. The minimum atomic E-state index is -0.165. The van der Waals surface area contributed by atoms with Gasteiger partial charge in [0, 0.05) is 0 Å². The van der Waals surface area contributed by atoms with E-state index in [0.717, 1.165) is 16.9 Å². The molecule has 0 fully saturated rings. The number of nitrogens with one attached hydrogen (secondary N) is 1. The summed E-state index contributed by atoms with van der Waals surface area (Å²) in [6.45, 7) is 4.88. The maximum atomic E-state index is 12.1. The lowest BCUT2D eigenvalue weighted by Gasteiger charge is -2.11. The van der Waals surface area contributed by atoms with Crippen molar-refractivity contribution in [2.24, 2.45) is 0 Å². The van der Waals surface area contributed by atoms with E-state index in [2.05, 4.69) is 5.32 Å². The number of amides is 1. The van der Waals surface area contributed by atoms with Crippen molar-refractivity contribution in [3.8, 4) is 11.5 Å². The summed E-state index contributed by atoms with van der Waals surface area (Å²) in [5.41, 5.74) is 2.76. The van der Waals surface area contributed by atoms with Gasteiger partial charge in [-0.2, -0.15) is 0 Å². The average molecular weight is 299 g/mol. The molecular weight excluding hydrogens is 278 g/mol. The van der Waals surface area contributed by atoms with Crippen LogP contribution < -0.4 is 14.8 Å². The number of hydrogen-bond donors (Lipinski definition) is 1. The van der Waals surface area contributed by atoms with Gasteiger partial charge in [-0.3, -0.25) is 4.79 Å². The first-order valence-electron chi connectivity index (χ1n) is 7.23. The molecular formula is C18H21NO3. The van der Waals surface area contributed by atoms with Crippen LogP contribution in [0.4, 0.5) is 0 Å². The van der Waals surface area contributed by atoms with E-state index in [9.17, 15) is 4.79 Å². The Morgan fingerprint density at radius 2 is 1.86 bits per heavy atom. The molecule has 116 valence electrons. The molecule has 0 aromatic heterocycles. The molecule has 4 nitrogen and oxygen atoms in total. The number of aryl methyl sites for hydroxylation is 2. The van der Waals surface area contributed by atoms with Gasteiger partial charge >= 0.3 is 0 Å². The van der Waals surface area contributed by atoms with Crippen molar-refractivity contribution in [2.45, 2.75) is 13.8 Å². The number of hydrogen-bond acceptors (Lipinski definition) is 3. The summed E-state index contributed by atoms with van der Waals surface area (Å²) in [5.74, 6) is 1.25. The molecule has 2 aromatic rings. The highest BCUT2D eigenvalue weighted by molar-refractivity contribution is 5.96. The fourth-order valence-corrected chi connectivity index (χ4v) is 2.12. The minimum Gasteiger partial charge on any atom is -0.496 e. The Hall–Kier alpha value is -2.49. The van der Waals surface area contributed by atoms with E-state index in [1.54, 1.807) is 19.2 Å². The van der Waals surface area contributed by atoms with Gasteiger partial charge in [-0.15, -0.1) is 0 Å². The fourth-order valence-electron chi connectivity index (χ4n) is 2.12. The summed E-state index contributed by atoms with van der Waals surface area (Å²) in [6, 6.07) is 13.2. The second-order valence-corrected chi connectivity index (χ2v) is 5.07. The molecule has 0 unspecified atom stereocenters. The molecule has 0 aliphatic rings. The number of carbonyl (C=O) groups is 1. The van der Waals surface area contributed by atoms with Crippen LogP contribution >= 0.6 is 0 Å². The zero-order valence-electron chi connectivity index (χ0n) is 13.2. The summed E-state index contributed by atoms with van der Waals surface area (Å²) in [6.07, 6.45) is 0. The van der Waals surface area contributed by atoms with E-state index in [0.29, 0.717) is 24.5 Å². The third kappa shape index (κ3) is 4.01. The maximum absolute atomic E-state index is 12.1. The number of para-hydroxylation sites is 1. The SMILES string of the molecule is COc1ccccc1C(=O)NCCOc1cc(C)ccc1C. The quantitative estimate of drug-likeness (QED) is 0.834. The average Bonchev–Trinajstić information content (AvgIpc) is 2.54. The molecule has 0 bridgehead atoms. The zero-order chi connectivity index (χ0) is 15.9. The number of methoxy groups -OCH3 is 1. The van der Waals surface area contributed by atoms with Gasteiger partial charge in [0.1, 0.15) is 18.1 Å². The lowest BCUT2D eigenvalue weighted by molar-refractivity contribution is 0.0944. The van der Waals surface area contributed by atoms with E-state index < -0.39 is 0 Å². The zero-order valence-corrected chi connectivity index (χ0v) is 13.2. The van der Waals surface area contributed by atoms with Crippen LogP contribution in [0.2, 0.25) is 0 Å². The molecule has 0 heterocycles. The Bertz CT molecular complexity index is 653. The molecule has 22 heavy (non-hydrogen) atoms. The number of benzene rings is 2. The maximum Gasteiger partial charge on any atom is 0.255 e. The van der Waals surface area contributed by atoms with Gasteiger partial charge < -0.3 is 14.8 Å².